The topological polar surface area (TPSA) is 41.5 Å². The smallest absolute Gasteiger partial charge is 0.237 e. The molecule has 6 heteroatoms. The number of likely N-dealkylation sites (N-methyl/N-ethyl adjacent to an activating group) is 1. The van der Waals surface area contributed by atoms with Crippen molar-refractivity contribution in [3.05, 3.63) is 29.8 Å². The minimum absolute atomic E-state index is 0.408. The van der Waals surface area contributed by atoms with Crippen molar-refractivity contribution < 1.29 is 4.74 Å². The first-order valence-corrected chi connectivity index (χ1v) is 8.79. The molecule has 2 aromatic rings. The Bertz CT molecular complexity index is 620. The lowest BCUT2D eigenvalue weighted by molar-refractivity contribution is 0.0793. The van der Waals surface area contributed by atoms with Gasteiger partial charge in [-0.15, -0.1) is 0 Å². The third kappa shape index (κ3) is 4.28. The SMILES string of the molecule is CN(Cc1ccc(-c2nc(N(C)C)ns2)cc1)CC1CCCO1. The molecule has 0 amide bonds. The van der Waals surface area contributed by atoms with Gasteiger partial charge in [-0.2, -0.15) is 9.36 Å². The van der Waals surface area contributed by atoms with Gasteiger partial charge in [-0.1, -0.05) is 24.3 Å². The molecule has 1 saturated heterocycles. The lowest BCUT2D eigenvalue weighted by atomic mass is 10.1. The second kappa shape index (κ2) is 7.38. The Hall–Kier alpha value is -1.50. The van der Waals surface area contributed by atoms with E-state index >= 15 is 0 Å². The molecule has 0 N–H and O–H groups in total. The van der Waals surface area contributed by atoms with Gasteiger partial charge in [0.05, 0.1) is 6.10 Å². The van der Waals surface area contributed by atoms with E-state index in [0.29, 0.717) is 6.10 Å². The van der Waals surface area contributed by atoms with E-state index in [1.165, 1.54) is 29.9 Å². The highest BCUT2D eigenvalue weighted by atomic mass is 32.1. The lowest BCUT2D eigenvalue weighted by Crippen LogP contribution is -2.28. The fourth-order valence-electron chi connectivity index (χ4n) is 2.78. The van der Waals surface area contributed by atoms with Crippen LogP contribution in [0.25, 0.3) is 10.6 Å². The summed E-state index contributed by atoms with van der Waals surface area (Å²) in [5, 5.41) is 0.966. The molecule has 1 aromatic carbocycles. The maximum Gasteiger partial charge on any atom is 0.237 e. The molecule has 1 aliphatic heterocycles. The lowest BCUT2D eigenvalue weighted by Gasteiger charge is -2.20. The maximum atomic E-state index is 5.70. The van der Waals surface area contributed by atoms with E-state index in [2.05, 4.69) is 45.6 Å². The highest BCUT2D eigenvalue weighted by Gasteiger charge is 2.17. The Morgan fingerprint density at radius 2 is 2.00 bits per heavy atom. The molecule has 0 aliphatic carbocycles. The number of benzene rings is 1. The Kier molecular flexibility index (Phi) is 5.25. The van der Waals surface area contributed by atoms with Gasteiger partial charge in [-0.05, 0) is 37.0 Å². The molecule has 0 spiro atoms. The second-order valence-corrected chi connectivity index (χ2v) is 7.07. The maximum absolute atomic E-state index is 5.70. The van der Waals surface area contributed by atoms with E-state index in [0.717, 1.165) is 36.2 Å². The number of ether oxygens (including phenoxy) is 1. The predicted molar refractivity (Wildman–Crippen MR) is 95.0 cm³/mol. The predicted octanol–water partition coefficient (Wildman–Crippen LogP) is 2.88. The zero-order valence-corrected chi connectivity index (χ0v) is 14.8. The van der Waals surface area contributed by atoms with Gasteiger partial charge >= 0.3 is 0 Å². The van der Waals surface area contributed by atoms with Crippen LogP contribution in [0.3, 0.4) is 0 Å². The van der Waals surface area contributed by atoms with Crippen molar-refractivity contribution in [2.45, 2.75) is 25.5 Å². The van der Waals surface area contributed by atoms with Crippen LogP contribution in [0, 0.1) is 0 Å². The molecule has 5 nitrogen and oxygen atoms in total. The standard InChI is InChI=1S/C17H24N4OS/c1-20(2)17-18-16(23-19-17)14-8-6-13(7-9-14)11-21(3)12-15-5-4-10-22-15/h6-9,15H,4-5,10-12H2,1-3H3. The summed E-state index contributed by atoms with van der Waals surface area (Å²) in [5.41, 5.74) is 2.44. The number of anilines is 1. The van der Waals surface area contributed by atoms with E-state index in [1.807, 2.05) is 19.0 Å². The van der Waals surface area contributed by atoms with Crippen LogP contribution in [0.2, 0.25) is 0 Å². The first-order valence-electron chi connectivity index (χ1n) is 8.02. The molecule has 1 aromatic heterocycles. The Labute approximate surface area is 142 Å². The minimum Gasteiger partial charge on any atom is -0.377 e. The summed E-state index contributed by atoms with van der Waals surface area (Å²) in [6.45, 7) is 2.87. The molecule has 1 unspecified atom stereocenters. The summed E-state index contributed by atoms with van der Waals surface area (Å²) >= 11 is 1.44. The number of aromatic nitrogens is 2. The van der Waals surface area contributed by atoms with Crippen molar-refractivity contribution in [1.29, 1.82) is 0 Å². The van der Waals surface area contributed by atoms with Gasteiger partial charge in [0, 0.05) is 39.4 Å². The van der Waals surface area contributed by atoms with E-state index < -0.39 is 0 Å². The van der Waals surface area contributed by atoms with Crippen LogP contribution < -0.4 is 4.90 Å². The van der Waals surface area contributed by atoms with E-state index in [1.54, 1.807) is 0 Å². The zero-order chi connectivity index (χ0) is 16.2. The fraction of sp³-hybridized carbons (Fsp3) is 0.529. The summed E-state index contributed by atoms with van der Waals surface area (Å²) in [4.78, 5) is 8.80. The highest BCUT2D eigenvalue weighted by molar-refractivity contribution is 7.09. The van der Waals surface area contributed by atoms with Gasteiger partial charge in [-0.25, -0.2) is 0 Å². The van der Waals surface area contributed by atoms with Crippen LogP contribution in [0.4, 0.5) is 5.95 Å². The summed E-state index contributed by atoms with van der Waals surface area (Å²) < 4.78 is 10.1. The van der Waals surface area contributed by atoms with E-state index in [-0.39, 0.29) is 0 Å². The van der Waals surface area contributed by atoms with Crippen molar-refractivity contribution in [2.24, 2.45) is 0 Å². The zero-order valence-electron chi connectivity index (χ0n) is 14.0. The molecular formula is C17H24N4OS. The minimum atomic E-state index is 0.408. The Balaban J connectivity index is 1.59. The third-order valence-corrected chi connectivity index (χ3v) is 4.76. The first kappa shape index (κ1) is 16.4. The van der Waals surface area contributed by atoms with Gasteiger partial charge in [0.2, 0.25) is 5.95 Å². The van der Waals surface area contributed by atoms with Gasteiger partial charge in [0.15, 0.2) is 0 Å². The van der Waals surface area contributed by atoms with E-state index in [4.69, 9.17) is 4.74 Å². The van der Waals surface area contributed by atoms with Crippen LogP contribution >= 0.6 is 11.5 Å². The molecule has 0 bridgehead atoms. The summed E-state index contributed by atoms with van der Waals surface area (Å²) in [7, 11) is 6.07. The highest BCUT2D eigenvalue weighted by Crippen LogP contribution is 2.24. The number of rotatable bonds is 6. The molecule has 3 rings (SSSR count). The molecule has 23 heavy (non-hydrogen) atoms. The summed E-state index contributed by atoms with van der Waals surface area (Å²) in [6.07, 6.45) is 2.79. The van der Waals surface area contributed by atoms with Crippen molar-refractivity contribution in [1.82, 2.24) is 14.3 Å². The van der Waals surface area contributed by atoms with Gasteiger partial charge in [0.25, 0.3) is 0 Å². The molecule has 1 atom stereocenters. The van der Waals surface area contributed by atoms with Crippen molar-refractivity contribution >= 4 is 17.5 Å². The van der Waals surface area contributed by atoms with Crippen LogP contribution in [0.1, 0.15) is 18.4 Å². The van der Waals surface area contributed by atoms with Gasteiger partial charge in [0.1, 0.15) is 5.01 Å². The Morgan fingerprint density at radius 1 is 1.22 bits per heavy atom. The first-order chi connectivity index (χ1) is 11.1. The van der Waals surface area contributed by atoms with Crippen LogP contribution in [-0.2, 0) is 11.3 Å². The number of nitrogens with zero attached hydrogens (tertiary/aromatic N) is 4. The quantitative estimate of drug-likeness (QED) is 0.813. The summed E-state index contributed by atoms with van der Waals surface area (Å²) in [5.74, 6) is 0.769. The third-order valence-electron chi connectivity index (χ3n) is 4.01. The van der Waals surface area contributed by atoms with Gasteiger partial charge in [-0.3, -0.25) is 4.90 Å². The molecule has 2 heterocycles. The Morgan fingerprint density at radius 3 is 2.61 bits per heavy atom. The number of hydrogen-bond acceptors (Lipinski definition) is 6. The molecule has 0 radical (unpaired) electrons. The largest absolute Gasteiger partial charge is 0.377 e. The fourth-order valence-corrected chi connectivity index (χ4v) is 3.52. The number of hydrogen-bond donors (Lipinski definition) is 0. The average Bonchev–Trinajstić information content (AvgIpc) is 3.19. The van der Waals surface area contributed by atoms with Crippen LogP contribution in [-0.4, -0.2) is 54.7 Å². The monoisotopic (exact) mass is 332 g/mol. The van der Waals surface area contributed by atoms with Crippen molar-refractivity contribution in [2.75, 3.05) is 39.2 Å². The van der Waals surface area contributed by atoms with Gasteiger partial charge < -0.3 is 9.64 Å². The summed E-state index contributed by atoms with van der Waals surface area (Å²) in [6, 6.07) is 8.63. The molecular weight excluding hydrogens is 308 g/mol. The van der Waals surface area contributed by atoms with Crippen molar-refractivity contribution in [3.8, 4) is 10.6 Å². The van der Waals surface area contributed by atoms with Crippen LogP contribution in [0.15, 0.2) is 24.3 Å². The molecule has 124 valence electrons. The van der Waals surface area contributed by atoms with Crippen LogP contribution in [0.5, 0.6) is 0 Å². The second-order valence-electron chi connectivity index (χ2n) is 6.32. The van der Waals surface area contributed by atoms with E-state index in [9.17, 15) is 0 Å². The molecule has 0 saturated carbocycles. The molecule has 1 aliphatic rings. The normalized spacial score (nSPS) is 17.8. The van der Waals surface area contributed by atoms with Crippen molar-refractivity contribution in [3.63, 3.8) is 0 Å². The average molecular weight is 332 g/mol. The molecule has 1 fully saturated rings.